The van der Waals surface area contributed by atoms with Crippen LogP contribution in [-0.2, 0) is 6.42 Å². The van der Waals surface area contributed by atoms with Gasteiger partial charge in [-0.15, -0.1) is 0 Å². The molecule has 0 saturated carbocycles. The molecule has 2 heterocycles. The minimum Gasteiger partial charge on any atom is -0.445 e. The minimum atomic E-state index is 0.365. The van der Waals surface area contributed by atoms with E-state index in [1.54, 1.807) is 6.92 Å². The molecule has 0 aliphatic carbocycles. The van der Waals surface area contributed by atoms with Gasteiger partial charge in [-0.25, -0.2) is 4.98 Å². The van der Waals surface area contributed by atoms with E-state index >= 15 is 0 Å². The standard InChI is InChI=1S/C11H15N3O2/c1-6(2)11-7(3)15-10(13-11)5-9-12-8(4)16-14-9/h6H,5H2,1-4H3. The van der Waals surface area contributed by atoms with Crippen LogP contribution in [0.5, 0.6) is 0 Å². The van der Waals surface area contributed by atoms with Crippen molar-refractivity contribution >= 4 is 0 Å². The Morgan fingerprint density at radius 1 is 1.19 bits per heavy atom. The number of oxazole rings is 1. The largest absolute Gasteiger partial charge is 0.445 e. The summed E-state index contributed by atoms with van der Waals surface area (Å²) in [6.45, 7) is 7.87. The lowest BCUT2D eigenvalue weighted by molar-refractivity contribution is 0.385. The lowest BCUT2D eigenvalue weighted by atomic mass is 10.1. The Morgan fingerprint density at radius 2 is 1.94 bits per heavy atom. The molecule has 0 spiro atoms. The van der Waals surface area contributed by atoms with Crippen LogP contribution in [0.4, 0.5) is 0 Å². The fraction of sp³-hybridized carbons (Fsp3) is 0.545. The Morgan fingerprint density at radius 3 is 2.44 bits per heavy atom. The van der Waals surface area contributed by atoms with E-state index in [1.165, 1.54) is 0 Å². The summed E-state index contributed by atoms with van der Waals surface area (Å²) < 4.78 is 10.4. The zero-order chi connectivity index (χ0) is 11.7. The van der Waals surface area contributed by atoms with Crippen LogP contribution in [-0.4, -0.2) is 15.1 Å². The van der Waals surface area contributed by atoms with Crippen molar-refractivity contribution in [2.24, 2.45) is 0 Å². The number of aromatic nitrogens is 3. The molecule has 16 heavy (non-hydrogen) atoms. The van der Waals surface area contributed by atoms with Crippen LogP contribution in [0.1, 0.15) is 48.8 Å². The topological polar surface area (TPSA) is 65.0 Å². The van der Waals surface area contributed by atoms with E-state index in [-0.39, 0.29) is 0 Å². The van der Waals surface area contributed by atoms with Crippen LogP contribution in [0, 0.1) is 13.8 Å². The van der Waals surface area contributed by atoms with Gasteiger partial charge in [-0.05, 0) is 12.8 Å². The highest BCUT2D eigenvalue weighted by Crippen LogP contribution is 2.20. The van der Waals surface area contributed by atoms with E-state index in [0.29, 0.717) is 29.9 Å². The molecule has 5 nitrogen and oxygen atoms in total. The van der Waals surface area contributed by atoms with Gasteiger partial charge in [-0.1, -0.05) is 19.0 Å². The molecule has 0 amide bonds. The van der Waals surface area contributed by atoms with Gasteiger partial charge in [0.1, 0.15) is 5.76 Å². The molecule has 0 atom stereocenters. The quantitative estimate of drug-likeness (QED) is 0.796. The first-order chi connectivity index (χ1) is 7.56. The smallest absolute Gasteiger partial charge is 0.223 e. The summed E-state index contributed by atoms with van der Waals surface area (Å²) in [7, 11) is 0. The highest BCUT2D eigenvalue weighted by molar-refractivity contribution is 5.13. The minimum absolute atomic E-state index is 0.365. The van der Waals surface area contributed by atoms with Crippen molar-refractivity contribution in [1.82, 2.24) is 15.1 Å². The van der Waals surface area contributed by atoms with Gasteiger partial charge in [-0.2, -0.15) is 4.98 Å². The highest BCUT2D eigenvalue weighted by atomic mass is 16.5. The third-order valence-corrected chi connectivity index (χ3v) is 2.30. The van der Waals surface area contributed by atoms with Crippen molar-refractivity contribution in [1.29, 1.82) is 0 Å². The van der Waals surface area contributed by atoms with Gasteiger partial charge >= 0.3 is 0 Å². The molecule has 0 aromatic carbocycles. The summed E-state index contributed by atoms with van der Waals surface area (Å²) in [5.41, 5.74) is 0.996. The van der Waals surface area contributed by atoms with Crippen LogP contribution >= 0.6 is 0 Å². The van der Waals surface area contributed by atoms with Crippen LogP contribution in [0.25, 0.3) is 0 Å². The van der Waals surface area contributed by atoms with Gasteiger partial charge in [0.25, 0.3) is 0 Å². The van der Waals surface area contributed by atoms with Gasteiger partial charge in [0.2, 0.25) is 11.8 Å². The molecular weight excluding hydrogens is 206 g/mol. The molecule has 0 unspecified atom stereocenters. The van der Waals surface area contributed by atoms with Gasteiger partial charge in [0, 0.05) is 6.92 Å². The molecule has 2 rings (SSSR count). The zero-order valence-corrected chi connectivity index (χ0v) is 9.94. The Bertz CT molecular complexity index is 485. The summed E-state index contributed by atoms with van der Waals surface area (Å²) in [6, 6.07) is 0. The predicted octanol–water partition coefficient (Wildman–Crippen LogP) is 2.39. The van der Waals surface area contributed by atoms with E-state index < -0.39 is 0 Å². The molecule has 0 aliphatic rings. The van der Waals surface area contributed by atoms with E-state index in [1.807, 2.05) is 6.92 Å². The van der Waals surface area contributed by atoms with Crippen LogP contribution in [0.15, 0.2) is 8.94 Å². The first kappa shape index (κ1) is 10.9. The maximum absolute atomic E-state index is 5.56. The first-order valence-corrected chi connectivity index (χ1v) is 5.31. The lowest BCUT2D eigenvalue weighted by Gasteiger charge is -1.97. The number of hydrogen-bond acceptors (Lipinski definition) is 5. The van der Waals surface area contributed by atoms with E-state index in [2.05, 4.69) is 29.0 Å². The Hall–Kier alpha value is -1.65. The van der Waals surface area contributed by atoms with Crippen LogP contribution in [0.3, 0.4) is 0 Å². The highest BCUT2D eigenvalue weighted by Gasteiger charge is 2.14. The monoisotopic (exact) mass is 221 g/mol. The van der Waals surface area contributed by atoms with E-state index in [4.69, 9.17) is 8.94 Å². The van der Waals surface area contributed by atoms with Crippen molar-refractivity contribution < 1.29 is 8.94 Å². The Kier molecular flexibility index (Phi) is 2.77. The molecule has 0 bridgehead atoms. The summed E-state index contributed by atoms with van der Waals surface area (Å²) in [4.78, 5) is 8.54. The normalized spacial score (nSPS) is 11.3. The SMILES string of the molecule is Cc1nc(Cc2nc(C(C)C)c(C)o2)no1. The summed E-state index contributed by atoms with van der Waals surface area (Å²) in [6.07, 6.45) is 0.477. The second-order valence-electron chi connectivity index (χ2n) is 4.11. The van der Waals surface area contributed by atoms with Crippen molar-refractivity contribution in [2.75, 3.05) is 0 Å². The molecule has 2 aromatic heterocycles. The first-order valence-electron chi connectivity index (χ1n) is 5.31. The predicted molar refractivity (Wildman–Crippen MR) is 57.2 cm³/mol. The zero-order valence-electron chi connectivity index (χ0n) is 9.94. The third kappa shape index (κ3) is 2.13. The second kappa shape index (κ2) is 4.08. The molecular formula is C11H15N3O2. The molecule has 0 saturated heterocycles. The summed E-state index contributed by atoms with van der Waals surface area (Å²) in [5, 5.41) is 3.81. The van der Waals surface area contributed by atoms with Crippen molar-refractivity contribution in [3.05, 3.63) is 29.1 Å². The van der Waals surface area contributed by atoms with Gasteiger partial charge in [-0.3, -0.25) is 0 Å². The van der Waals surface area contributed by atoms with E-state index in [9.17, 15) is 0 Å². The average Bonchev–Trinajstić information content (AvgIpc) is 2.73. The third-order valence-electron chi connectivity index (χ3n) is 2.30. The summed E-state index contributed by atoms with van der Waals surface area (Å²) in [5.74, 6) is 3.04. The Labute approximate surface area is 93.9 Å². The lowest BCUT2D eigenvalue weighted by Crippen LogP contribution is -1.93. The van der Waals surface area contributed by atoms with E-state index in [0.717, 1.165) is 11.5 Å². The maximum atomic E-state index is 5.56. The second-order valence-corrected chi connectivity index (χ2v) is 4.11. The van der Waals surface area contributed by atoms with Crippen LogP contribution < -0.4 is 0 Å². The maximum Gasteiger partial charge on any atom is 0.223 e. The van der Waals surface area contributed by atoms with Gasteiger partial charge in [0.15, 0.2) is 5.82 Å². The van der Waals surface area contributed by atoms with Crippen molar-refractivity contribution in [2.45, 2.75) is 40.0 Å². The van der Waals surface area contributed by atoms with Gasteiger partial charge in [0.05, 0.1) is 12.1 Å². The van der Waals surface area contributed by atoms with Crippen LogP contribution in [0.2, 0.25) is 0 Å². The van der Waals surface area contributed by atoms with Crippen molar-refractivity contribution in [3.8, 4) is 0 Å². The molecule has 5 heteroatoms. The number of aryl methyl sites for hydroxylation is 2. The molecule has 0 radical (unpaired) electrons. The number of hydrogen-bond donors (Lipinski definition) is 0. The molecule has 86 valence electrons. The number of nitrogens with zero attached hydrogens (tertiary/aromatic N) is 3. The Balaban J connectivity index is 2.19. The van der Waals surface area contributed by atoms with Crippen molar-refractivity contribution in [3.63, 3.8) is 0 Å². The van der Waals surface area contributed by atoms with Gasteiger partial charge < -0.3 is 8.94 Å². The molecule has 0 aliphatic heterocycles. The fourth-order valence-corrected chi connectivity index (χ4v) is 1.62. The number of rotatable bonds is 3. The molecule has 0 fully saturated rings. The summed E-state index contributed by atoms with van der Waals surface area (Å²) >= 11 is 0. The average molecular weight is 221 g/mol. The molecule has 0 N–H and O–H groups in total. The fourth-order valence-electron chi connectivity index (χ4n) is 1.62. The molecule has 2 aromatic rings.